The quantitative estimate of drug-likeness (QED) is 0.850. The van der Waals surface area contributed by atoms with E-state index in [0.717, 1.165) is 24.8 Å². The molecule has 2 amide bonds. The summed E-state index contributed by atoms with van der Waals surface area (Å²) in [7, 11) is 0. The first-order chi connectivity index (χ1) is 11.1. The molecule has 1 aromatic rings. The molecule has 1 saturated heterocycles. The van der Waals surface area contributed by atoms with Crippen molar-refractivity contribution in [2.24, 2.45) is 11.7 Å². The van der Waals surface area contributed by atoms with Gasteiger partial charge >= 0.3 is 0 Å². The zero-order chi connectivity index (χ0) is 16.2. The molecule has 132 valence electrons. The van der Waals surface area contributed by atoms with E-state index < -0.39 is 0 Å². The van der Waals surface area contributed by atoms with Crippen molar-refractivity contribution in [2.45, 2.75) is 50.7 Å². The van der Waals surface area contributed by atoms with Crippen molar-refractivity contribution in [1.29, 1.82) is 0 Å². The Bertz CT molecular complexity index is 567. The Morgan fingerprint density at radius 2 is 1.96 bits per heavy atom. The number of nitrogens with two attached hydrogens (primary N) is 1. The van der Waals surface area contributed by atoms with Gasteiger partial charge in [-0.1, -0.05) is 36.8 Å². The molecule has 1 aliphatic carbocycles. The average Bonchev–Trinajstić information content (AvgIpc) is 3.09. The molecule has 0 aromatic heterocycles. The smallest absolute Gasteiger partial charge is 0.245 e. The van der Waals surface area contributed by atoms with Gasteiger partial charge in [-0.15, -0.1) is 12.4 Å². The molecular weight excluding hydrogens is 326 g/mol. The maximum atomic E-state index is 12.4. The third-order valence-corrected chi connectivity index (χ3v) is 5.01. The van der Waals surface area contributed by atoms with Gasteiger partial charge in [0.25, 0.3) is 0 Å². The average molecular weight is 352 g/mol. The first-order valence-corrected chi connectivity index (χ1v) is 8.51. The fourth-order valence-electron chi connectivity index (χ4n) is 3.64. The van der Waals surface area contributed by atoms with Crippen LogP contribution in [-0.2, 0) is 16.1 Å². The van der Waals surface area contributed by atoms with E-state index in [2.05, 4.69) is 5.32 Å². The van der Waals surface area contributed by atoms with Crippen LogP contribution in [0, 0.1) is 5.92 Å². The van der Waals surface area contributed by atoms with Crippen LogP contribution in [0.2, 0.25) is 0 Å². The molecule has 0 spiro atoms. The number of rotatable bonds is 5. The van der Waals surface area contributed by atoms with Crippen LogP contribution in [0.3, 0.4) is 0 Å². The minimum absolute atomic E-state index is 0. The highest BCUT2D eigenvalue weighted by atomic mass is 35.5. The largest absolute Gasteiger partial charge is 0.344 e. The number of carbonyl (C=O) groups excluding carboxylic acids is 2. The summed E-state index contributed by atoms with van der Waals surface area (Å²) in [6, 6.07) is 9.70. The van der Waals surface area contributed by atoms with Crippen LogP contribution in [0.5, 0.6) is 0 Å². The number of carbonyl (C=O) groups is 2. The Labute approximate surface area is 149 Å². The lowest BCUT2D eigenvalue weighted by molar-refractivity contribution is -0.133. The van der Waals surface area contributed by atoms with Crippen molar-refractivity contribution >= 4 is 24.2 Å². The number of nitrogens with one attached hydrogen (secondary N) is 1. The molecule has 3 rings (SSSR count). The summed E-state index contributed by atoms with van der Waals surface area (Å²) in [5, 5.41) is 2.91. The third-order valence-electron chi connectivity index (χ3n) is 5.01. The van der Waals surface area contributed by atoms with E-state index in [9.17, 15) is 9.59 Å². The molecule has 5 nitrogen and oxygen atoms in total. The van der Waals surface area contributed by atoms with Gasteiger partial charge in [0.05, 0.1) is 0 Å². The van der Waals surface area contributed by atoms with E-state index in [1.807, 2.05) is 35.2 Å². The molecule has 0 bridgehead atoms. The molecule has 1 aliphatic heterocycles. The summed E-state index contributed by atoms with van der Waals surface area (Å²) in [6.07, 6.45) is 4.27. The Kier molecular flexibility index (Phi) is 6.63. The molecule has 2 aliphatic rings. The highest BCUT2D eigenvalue weighted by Crippen LogP contribution is 2.27. The van der Waals surface area contributed by atoms with Crippen molar-refractivity contribution in [1.82, 2.24) is 10.2 Å². The molecular formula is C18H26ClN3O2. The second-order valence-corrected chi connectivity index (χ2v) is 6.71. The normalized spacial score (nSPS) is 26.3. The molecule has 24 heavy (non-hydrogen) atoms. The Hall–Kier alpha value is -1.59. The number of amides is 2. The first-order valence-electron chi connectivity index (χ1n) is 8.51. The summed E-state index contributed by atoms with van der Waals surface area (Å²) in [5.41, 5.74) is 7.13. The van der Waals surface area contributed by atoms with Crippen molar-refractivity contribution in [3.05, 3.63) is 35.9 Å². The predicted molar refractivity (Wildman–Crippen MR) is 95.6 cm³/mol. The Morgan fingerprint density at radius 1 is 1.21 bits per heavy atom. The third kappa shape index (κ3) is 4.48. The summed E-state index contributed by atoms with van der Waals surface area (Å²) < 4.78 is 0. The minimum atomic E-state index is -0.371. The maximum Gasteiger partial charge on any atom is 0.245 e. The zero-order valence-electron chi connectivity index (χ0n) is 13.8. The van der Waals surface area contributed by atoms with Crippen LogP contribution < -0.4 is 11.1 Å². The molecule has 1 unspecified atom stereocenters. The van der Waals surface area contributed by atoms with Gasteiger partial charge in [0, 0.05) is 25.6 Å². The zero-order valence-corrected chi connectivity index (χ0v) is 14.6. The SMILES string of the molecule is Cl.N[C@@H]1CCC[C@H]1CC(=O)NC1CCN(Cc2ccccc2)C1=O. The fourth-order valence-corrected chi connectivity index (χ4v) is 3.64. The number of hydrogen-bond donors (Lipinski definition) is 2. The van der Waals surface area contributed by atoms with Crippen LogP contribution >= 0.6 is 12.4 Å². The van der Waals surface area contributed by atoms with E-state index in [0.29, 0.717) is 25.9 Å². The lowest BCUT2D eigenvalue weighted by Gasteiger charge is -2.19. The molecule has 6 heteroatoms. The van der Waals surface area contributed by atoms with Crippen molar-refractivity contribution in [3.63, 3.8) is 0 Å². The van der Waals surface area contributed by atoms with Gasteiger partial charge in [0.15, 0.2) is 0 Å². The topological polar surface area (TPSA) is 75.4 Å². The summed E-state index contributed by atoms with van der Waals surface area (Å²) in [4.78, 5) is 26.4. The van der Waals surface area contributed by atoms with Gasteiger partial charge in [0.1, 0.15) is 6.04 Å². The van der Waals surface area contributed by atoms with E-state index in [1.165, 1.54) is 0 Å². The Morgan fingerprint density at radius 3 is 2.62 bits per heavy atom. The second kappa shape index (κ2) is 8.49. The summed E-state index contributed by atoms with van der Waals surface area (Å²) in [6.45, 7) is 1.31. The van der Waals surface area contributed by atoms with Crippen molar-refractivity contribution in [2.75, 3.05) is 6.54 Å². The standard InChI is InChI=1S/C18H25N3O2.ClH/c19-15-8-4-7-14(15)11-17(22)20-16-9-10-21(18(16)23)12-13-5-2-1-3-6-13;/h1-3,5-6,14-16H,4,7-12,19H2,(H,20,22);1H/t14-,15+,16?;/m0./s1. The highest BCUT2D eigenvalue weighted by Gasteiger charge is 2.33. The van der Waals surface area contributed by atoms with Gasteiger partial charge < -0.3 is 16.0 Å². The molecule has 2 fully saturated rings. The maximum absolute atomic E-state index is 12.4. The first kappa shape index (κ1) is 18.7. The van der Waals surface area contributed by atoms with Gasteiger partial charge in [-0.3, -0.25) is 9.59 Å². The number of nitrogens with zero attached hydrogens (tertiary/aromatic N) is 1. The molecule has 3 atom stereocenters. The van der Waals surface area contributed by atoms with E-state index in [1.54, 1.807) is 0 Å². The minimum Gasteiger partial charge on any atom is -0.344 e. The predicted octanol–water partition coefficient (Wildman–Crippen LogP) is 1.84. The lowest BCUT2D eigenvalue weighted by Crippen LogP contribution is -2.42. The van der Waals surface area contributed by atoms with Crippen LogP contribution in [0.25, 0.3) is 0 Å². The number of hydrogen-bond acceptors (Lipinski definition) is 3. The van der Waals surface area contributed by atoms with Crippen LogP contribution in [-0.4, -0.2) is 35.3 Å². The number of benzene rings is 1. The van der Waals surface area contributed by atoms with Crippen LogP contribution in [0.15, 0.2) is 30.3 Å². The fraction of sp³-hybridized carbons (Fsp3) is 0.556. The highest BCUT2D eigenvalue weighted by molar-refractivity contribution is 5.89. The monoisotopic (exact) mass is 351 g/mol. The molecule has 1 aromatic carbocycles. The molecule has 1 saturated carbocycles. The van der Waals surface area contributed by atoms with E-state index >= 15 is 0 Å². The number of halogens is 1. The van der Waals surface area contributed by atoms with Gasteiger partial charge in [-0.05, 0) is 30.7 Å². The molecule has 0 radical (unpaired) electrons. The second-order valence-electron chi connectivity index (χ2n) is 6.71. The van der Waals surface area contributed by atoms with Crippen LogP contribution in [0.4, 0.5) is 0 Å². The molecule has 3 N–H and O–H groups in total. The van der Waals surface area contributed by atoms with Gasteiger partial charge in [0.2, 0.25) is 11.8 Å². The molecule has 1 heterocycles. The van der Waals surface area contributed by atoms with E-state index in [-0.39, 0.29) is 42.2 Å². The number of likely N-dealkylation sites (tertiary alicyclic amines) is 1. The lowest BCUT2D eigenvalue weighted by atomic mass is 9.99. The van der Waals surface area contributed by atoms with Gasteiger partial charge in [-0.2, -0.15) is 0 Å². The van der Waals surface area contributed by atoms with Gasteiger partial charge in [-0.25, -0.2) is 0 Å². The van der Waals surface area contributed by atoms with E-state index in [4.69, 9.17) is 5.73 Å². The summed E-state index contributed by atoms with van der Waals surface area (Å²) in [5.74, 6) is 0.261. The van der Waals surface area contributed by atoms with Crippen molar-refractivity contribution in [3.8, 4) is 0 Å². The summed E-state index contributed by atoms with van der Waals surface area (Å²) >= 11 is 0. The van der Waals surface area contributed by atoms with Crippen molar-refractivity contribution < 1.29 is 9.59 Å². The van der Waals surface area contributed by atoms with Crippen LogP contribution in [0.1, 0.15) is 37.7 Å². The Balaban J connectivity index is 0.00000208.